The van der Waals surface area contributed by atoms with Crippen LogP contribution in [-0.4, -0.2) is 31.3 Å². The lowest BCUT2D eigenvalue weighted by atomic mass is 10.1. The van der Waals surface area contributed by atoms with Gasteiger partial charge in [-0.05, 0) is 45.4 Å². The second-order valence-electron chi connectivity index (χ2n) is 5.80. The fourth-order valence-electron chi connectivity index (χ4n) is 1.57. The number of carbonyl (C=O) groups excluding carboxylic acids is 1. The largest absolute Gasteiger partial charge is 0.493 e. The lowest BCUT2D eigenvalue weighted by Gasteiger charge is -2.19. The summed E-state index contributed by atoms with van der Waals surface area (Å²) >= 11 is 0. The highest BCUT2D eigenvalue weighted by molar-refractivity contribution is 7.92. The molecule has 0 spiro atoms. The highest BCUT2D eigenvalue weighted by atomic mass is 32.2. The normalized spacial score (nSPS) is 12.2. The molecule has 0 saturated carbocycles. The van der Waals surface area contributed by atoms with Crippen molar-refractivity contribution in [1.82, 2.24) is 0 Å². The van der Waals surface area contributed by atoms with Crippen molar-refractivity contribution in [3.05, 3.63) is 29.8 Å². The van der Waals surface area contributed by atoms with Crippen LogP contribution in [0.25, 0.3) is 0 Å². The fraction of sp³-hybridized carbons (Fsp3) is 0.533. The van der Waals surface area contributed by atoms with Crippen LogP contribution in [0.5, 0.6) is 5.75 Å². The molecule has 112 valence electrons. The Bertz CT molecular complexity index is 551. The van der Waals surface area contributed by atoms with Gasteiger partial charge in [-0.1, -0.05) is 12.1 Å². The molecular formula is C15H22O4S. The van der Waals surface area contributed by atoms with Crippen LogP contribution >= 0.6 is 0 Å². The Balaban J connectivity index is 2.53. The molecule has 0 heterocycles. The Morgan fingerprint density at radius 1 is 1.15 bits per heavy atom. The summed E-state index contributed by atoms with van der Waals surface area (Å²) in [5.41, 5.74) is 0.923. The van der Waals surface area contributed by atoms with Gasteiger partial charge in [0.05, 0.1) is 10.5 Å². The summed E-state index contributed by atoms with van der Waals surface area (Å²) in [6, 6.07) is 7.13. The first-order valence-electron chi connectivity index (χ1n) is 6.55. The topological polar surface area (TPSA) is 60.4 Å². The van der Waals surface area contributed by atoms with Crippen LogP contribution in [0.2, 0.25) is 0 Å². The molecule has 5 heteroatoms. The third-order valence-corrected chi connectivity index (χ3v) is 5.50. The minimum absolute atomic E-state index is 0.00824. The number of hydrogen-bond donors (Lipinski definition) is 0. The number of benzene rings is 1. The van der Waals surface area contributed by atoms with Gasteiger partial charge >= 0.3 is 0 Å². The van der Waals surface area contributed by atoms with Gasteiger partial charge in [0.15, 0.2) is 9.84 Å². The van der Waals surface area contributed by atoms with E-state index in [2.05, 4.69) is 0 Å². The van der Waals surface area contributed by atoms with E-state index >= 15 is 0 Å². The van der Waals surface area contributed by atoms with E-state index in [4.69, 9.17) is 4.74 Å². The minimum Gasteiger partial charge on any atom is -0.493 e. The highest BCUT2D eigenvalue weighted by Crippen LogP contribution is 2.17. The molecule has 0 amide bonds. The Kier molecular flexibility index (Phi) is 5.34. The third-order valence-electron chi connectivity index (χ3n) is 2.93. The first-order valence-corrected chi connectivity index (χ1v) is 8.20. The van der Waals surface area contributed by atoms with Crippen molar-refractivity contribution in [2.24, 2.45) is 0 Å². The van der Waals surface area contributed by atoms with E-state index in [1.165, 1.54) is 0 Å². The smallest absolute Gasteiger partial charge is 0.158 e. The van der Waals surface area contributed by atoms with Crippen LogP contribution in [-0.2, 0) is 21.1 Å². The highest BCUT2D eigenvalue weighted by Gasteiger charge is 2.28. The Hall–Kier alpha value is -1.36. The zero-order valence-corrected chi connectivity index (χ0v) is 13.3. The molecule has 4 nitrogen and oxygen atoms in total. The molecule has 0 radical (unpaired) electrons. The SMILES string of the molecule is CC(=O)Cc1ccc(OCCS(=O)(=O)C(C)(C)C)cc1. The molecule has 20 heavy (non-hydrogen) atoms. The van der Waals surface area contributed by atoms with Crippen molar-refractivity contribution in [3.8, 4) is 5.75 Å². The second kappa shape index (κ2) is 6.39. The zero-order chi connectivity index (χ0) is 15.4. The van der Waals surface area contributed by atoms with Crippen LogP contribution in [0, 0.1) is 0 Å². The maximum Gasteiger partial charge on any atom is 0.158 e. The van der Waals surface area contributed by atoms with E-state index in [0.29, 0.717) is 12.2 Å². The zero-order valence-electron chi connectivity index (χ0n) is 12.5. The molecular weight excluding hydrogens is 276 g/mol. The molecule has 0 atom stereocenters. The lowest BCUT2D eigenvalue weighted by molar-refractivity contribution is -0.116. The van der Waals surface area contributed by atoms with Crippen molar-refractivity contribution in [2.75, 3.05) is 12.4 Å². The summed E-state index contributed by atoms with van der Waals surface area (Å²) in [5.74, 6) is 0.711. The number of ketones is 1. The Morgan fingerprint density at radius 2 is 1.70 bits per heavy atom. The standard InChI is InChI=1S/C15H22O4S/c1-12(16)11-13-5-7-14(8-6-13)19-9-10-20(17,18)15(2,3)4/h5-8H,9-11H2,1-4H3. The molecule has 0 aliphatic carbocycles. The van der Waals surface area contributed by atoms with E-state index in [9.17, 15) is 13.2 Å². The average molecular weight is 298 g/mol. The third kappa shape index (κ3) is 4.96. The van der Waals surface area contributed by atoms with Crippen LogP contribution < -0.4 is 4.74 Å². The summed E-state index contributed by atoms with van der Waals surface area (Å²) in [4.78, 5) is 11.0. The first kappa shape index (κ1) is 16.7. The molecule has 0 saturated heterocycles. The van der Waals surface area contributed by atoms with Crippen molar-refractivity contribution < 1.29 is 17.9 Å². The predicted octanol–water partition coefficient (Wildman–Crippen LogP) is 2.41. The van der Waals surface area contributed by atoms with Gasteiger partial charge in [-0.2, -0.15) is 0 Å². The van der Waals surface area contributed by atoms with Gasteiger partial charge in [0, 0.05) is 6.42 Å². The summed E-state index contributed by atoms with van der Waals surface area (Å²) in [5, 5.41) is 0. The van der Waals surface area contributed by atoms with Gasteiger partial charge in [-0.25, -0.2) is 8.42 Å². The molecule has 1 aromatic rings. The number of sulfone groups is 1. The molecule has 0 bridgehead atoms. The van der Waals surface area contributed by atoms with Gasteiger partial charge in [0.25, 0.3) is 0 Å². The fourth-order valence-corrected chi connectivity index (χ4v) is 2.48. The van der Waals surface area contributed by atoms with E-state index in [1.807, 2.05) is 12.1 Å². The van der Waals surface area contributed by atoms with Crippen LogP contribution in [0.15, 0.2) is 24.3 Å². The molecule has 0 fully saturated rings. The number of Topliss-reactive ketones (excluding diaryl/α,β-unsaturated/α-hetero) is 1. The van der Waals surface area contributed by atoms with E-state index in [0.717, 1.165) is 5.56 Å². The molecule has 1 aromatic carbocycles. The maximum absolute atomic E-state index is 11.9. The number of carbonyl (C=O) groups is 1. The van der Waals surface area contributed by atoms with Gasteiger partial charge in [0.1, 0.15) is 18.1 Å². The first-order chi connectivity index (χ1) is 9.12. The number of ether oxygens (including phenoxy) is 1. The summed E-state index contributed by atoms with van der Waals surface area (Å²) in [6.07, 6.45) is 0.401. The van der Waals surface area contributed by atoms with Gasteiger partial charge in [0.2, 0.25) is 0 Å². The van der Waals surface area contributed by atoms with E-state index in [1.54, 1.807) is 39.8 Å². The predicted molar refractivity (Wildman–Crippen MR) is 79.9 cm³/mol. The monoisotopic (exact) mass is 298 g/mol. The summed E-state index contributed by atoms with van der Waals surface area (Å²) in [6.45, 7) is 6.71. The van der Waals surface area contributed by atoms with E-state index < -0.39 is 14.6 Å². The van der Waals surface area contributed by atoms with Gasteiger partial charge in [-0.15, -0.1) is 0 Å². The lowest BCUT2D eigenvalue weighted by Crippen LogP contribution is -2.32. The molecule has 1 rings (SSSR count). The molecule has 0 aromatic heterocycles. The Labute approximate surface area is 121 Å². The molecule has 0 aliphatic rings. The number of hydrogen-bond acceptors (Lipinski definition) is 4. The number of rotatable bonds is 6. The van der Waals surface area contributed by atoms with E-state index in [-0.39, 0.29) is 18.1 Å². The van der Waals surface area contributed by atoms with Crippen LogP contribution in [0.3, 0.4) is 0 Å². The quantitative estimate of drug-likeness (QED) is 0.809. The average Bonchev–Trinajstić information content (AvgIpc) is 2.29. The minimum atomic E-state index is -3.16. The van der Waals surface area contributed by atoms with Gasteiger partial charge < -0.3 is 4.74 Å². The maximum atomic E-state index is 11.9. The van der Waals surface area contributed by atoms with Crippen molar-refractivity contribution in [2.45, 2.75) is 38.9 Å². The second-order valence-corrected chi connectivity index (χ2v) is 8.66. The van der Waals surface area contributed by atoms with Crippen LogP contribution in [0.1, 0.15) is 33.3 Å². The summed E-state index contributed by atoms with van der Waals surface area (Å²) < 4.78 is 28.5. The molecule has 0 aliphatic heterocycles. The summed E-state index contributed by atoms with van der Waals surface area (Å²) in [7, 11) is -3.16. The Morgan fingerprint density at radius 3 is 2.15 bits per heavy atom. The van der Waals surface area contributed by atoms with Crippen molar-refractivity contribution in [1.29, 1.82) is 0 Å². The van der Waals surface area contributed by atoms with Crippen LogP contribution in [0.4, 0.5) is 0 Å². The van der Waals surface area contributed by atoms with Crippen molar-refractivity contribution in [3.63, 3.8) is 0 Å². The van der Waals surface area contributed by atoms with Crippen molar-refractivity contribution >= 4 is 15.6 Å². The van der Waals surface area contributed by atoms with Gasteiger partial charge in [-0.3, -0.25) is 4.79 Å². The molecule has 0 N–H and O–H groups in total. The molecule has 0 unspecified atom stereocenters.